The molecule has 61 heavy (non-hydrogen) atoms. The SMILES string of the molecule is C=C/C=C\c1c(C)oc2ccc(-c3cc(-c4ccc5oc6ccccc6c5c4)cc(-c4cc(-c5ccccc5)nc(-c5cccc6c(-c7cccnc7)cccc56)n4)c3)cc12. The number of fused-ring (bicyclic) bond motifs is 5. The van der Waals surface area contributed by atoms with Gasteiger partial charge in [0, 0.05) is 56.4 Å². The van der Waals surface area contributed by atoms with Gasteiger partial charge in [0.2, 0.25) is 0 Å². The Balaban J connectivity index is 1.15. The number of hydrogen-bond acceptors (Lipinski definition) is 5. The van der Waals surface area contributed by atoms with Gasteiger partial charge in [0.15, 0.2) is 5.82 Å². The number of aromatic nitrogens is 3. The first-order valence-electron chi connectivity index (χ1n) is 20.3. The van der Waals surface area contributed by atoms with Crippen LogP contribution in [0.2, 0.25) is 0 Å². The van der Waals surface area contributed by atoms with Gasteiger partial charge in [-0.1, -0.05) is 128 Å². The molecule has 0 aliphatic rings. The molecule has 0 saturated carbocycles. The maximum atomic E-state index is 6.24. The van der Waals surface area contributed by atoms with Crippen LogP contribution in [0.25, 0.3) is 117 Å². The van der Waals surface area contributed by atoms with Crippen LogP contribution in [0.15, 0.2) is 204 Å². The molecule has 4 aromatic heterocycles. The number of hydrogen-bond donors (Lipinski definition) is 0. The lowest BCUT2D eigenvalue weighted by atomic mass is 9.93. The minimum Gasteiger partial charge on any atom is -0.461 e. The summed E-state index contributed by atoms with van der Waals surface area (Å²) in [6.45, 7) is 5.89. The number of furan rings is 2. The third-order valence-corrected chi connectivity index (χ3v) is 11.5. The van der Waals surface area contributed by atoms with Gasteiger partial charge in [0.05, 0.1) is 11.4 Å². The highest BCUT2D eigenvalue weighted by Gasteiger charge is 2.18. The summed E-state index contributed by atoms with van der Waals surface area (Å²) in [6.07, 6.45) is 9.51. The molecule has 288 valence electrons. The molecule has 0 atom stereocenters. The van der Waals surface area contributed by atoms with Crippen LogP contribution in [0.1, 0.15) is 11.3 Å². The zero-order valence-corrected chi connectivity index (χ0v) is 33.3. The summed E-state index contributed by atoms with van der Waals surface area (Å²) >= 11 is 0. The zero-order chi connectivity index (χ0) is 40.9. The topological polar surface area (TPSA) is 65.0 Å². The Morgan fingerprint density at radius 3 is 1.84 bits per heavy atom. The first-order valence-corrected chi connectivity index (χ1v) is 20.3. The molecule has 0 spiro atoms. The van der Waals surface area contributed by atoms with Crippen LogP contribution >= 0.6 is 0 Å². The van der Waals surface area contributed by atoms with Crippen molar-refractivity contribution in [3.8, 4) is 67.3 Å². The van der Waals surface area contributed by atoms with E-state index >= 15 is 0 Å². The van der Waals surface area contributed by atoms with Gasteiger partial charge in [-0.05, 0) is 106 Å². The van der Waals surface area contributed by atoms with E-state index in [1.807, 2.05) is 43.5 Å². The number of para-hydroxylation sites is 1. The molecule has 5 heteroatoms. The highest BCUT2D eigenvalue weighted by molar-refractivity contribution is 6.07. The number of pyridine rings is 1. The number of nitrogens with zero attached hydrogens (tertiary/aromatic N) is 3. The lowest BCUT2D eigenvalue weighted by Gasteiger charge is -2.15. The van der Waals surface area contributed by atoms with Crippen molar-refractivity contribution in [3.63, 3.8) is 0 Å². The van der Waals surface area contributed by atoms with E-state index in [2.05, 4.69) is 157 Å². The molecule has 11 rings (SSSR count). The number of allylic oxidation sites excluding steroid dienone is 2. The van der Waals surface area contributed by atoms with Crippen molar-refractivity contribution in [1.29, 1.82) is 0 Å². The summed E-state index contributed by atoms with van der Waals surface area (Å²) in [5, 5.41) is 5.39. The van der Waals surface area contributed by atoms with Crippen molar-refractivity contribution in [2.45, 2.75) is 6.92 Å². The van der Waals surface area contributed by atoms with Crippen molar-refractivity contribution in [2.75, 3.05) is 0 Å². The number of benzene rings is 7. The third-order valence-electron chi connectivity index (χ3n) is 11.5. The van der Waals surface area contributed by atoms with Gasteiger partial charge in [-0.3, -0.25) is 4.98 Å². The highest BCUT2D eigenvalue weighted by Crippen LogP contribution is 2.40. The molecular formula is C56H37N3O2. The molecule has 0 unspecified atom stereocenters. The Hall–Kier alpha value is -8.15. The monoisotopic (exact) mass is 783 g/mol. The lowest BCUT2D eigenvalue weighted by molar-refractivity contribution is 0.577. The molecule has 4 heterocycles. The lowest BCUT2D eigenvalue weighted by Crippen LogP contribution is -1.97. The second-order valence-corrected chi connectivity index (χ2v) is 15.3. The Morgan fingerprint density at radius 1 is 0.459 bits per heavy atom. The molecule has 0 N–H and O–H groups in total. The van der Waals surface area contributed by atoms with Crippen molar-refractivity contribution in [1.82, 2.24) is 15.0 Å². The second-order valence-electron chi connectivity index (χ2n) is 15.3. The molecule has 0 fully saturated rings. The molecule has 0 radical (unpaired) electrons. The van der Waals surface area contributed by atoms with Gasteiger partial charge >= 0.3 is 0 Å². The normalized spacial score (nSPS) is 11.7. The fourth-order valence-electron chi connectivity index (χ4n) is 8.56. The van der Waals surface area contributed by atoms with Crippen LogP contribution in [0, 0.1) is 6.92 Å². The average Bonchev–Trinajstić information content (AvgIpc) is 3.86. The van der Waals surface area contributed by atoms with E-state index < -0.39 is 0 Å². The van der Waals surface area contributed by atoms with Gasteiger partial charge in [0.1, 0.15) is 22.5 Å². The van der Waals surface area contributed by atoms with Gasteiger partial charge in [-0.2, -0.15) is 0 Å². The van der Waals surface area contributed by atoms with E-state index in [-0.39, 0.29) is 0 Å². The van der Waals surface area contributed by atoms with Gasteiger partial charge in [-0.15, -0.1) is 0 Å². The van der Waals surface area contributed by atoms with Gasteiger partial charge < -0.3 is 8.83 Å². The summed E-state index contributed by atoms with van der Waals surface area (Å²) in [4.78, 5) is 15.1. The standard InChI is InChI=1S/C56H37N3O2/c1-3-4-16-43-35(2)60-54-25-23-37(31-49(43)54)40-28-41(38-24-26-55-50(32-38)47-17-8-9-22-53(47)61-55)30-42(29-40)52-33-51(36-13-6-5-7-14-36)58-56(59-52)48-21-11-19-45-44(18-10-20-46(45)48)39-15-12-27-57-34-39/h3-34H,1H2,2H3/b16-4-. The number of rotatable bonds is 8. The van der Waals surface area contributed by atoms with Crippen molar-refractivity contribution < 1.29 is 8.83 Å². The number of aryl methyl sites for hydroxylation is 1. The fraction of sp³-hybridized carbons (Fsp3) is 0.0179. The van der Waals surface area contributed by atoms with E-state index in [1.165, 1.54) is 0 Å². The molecule has 5 nitrogen and oxygen atoms in total. The molecule has 0 saturated heterocycles. The zero-order valence-electron chi connectivity index (χ0n) is 33.3. The van der Waals surface area contributed by atoms with E-state index in [9.17, 15) is 0 Å². The third kappa shape index (κ3) is 6.49. The minimum atomic E-state index is 0.650. The van der Waals surface area contributed by atoms with E-state index in [1.54, 1.807) is 12.3 Å². The van der Waals surface area contributed by atoms with E-state index in [4.69, 9.17) is 18.8 Å². The Labute approximate surface area is 352 Å². The summed E-state index contributed by atoms with van der Waals surface area (Å²) < 4.78 is 12.4. The van der Waals surface area contributed by atoms with Crippen LogP contribution in [0.3, 0.4) is 0 Å². The van der Waals surface area contributed by atoms with E-state index in [0.29, 0.717) is 5.82 Å². The van der Waals surface area contributed by atoms with Crippen LogP contribution in [0.4, 0.5) is 0 Å². The quantitative estimate of drug-likeness (QED) is 0.144. The first kappa shape index (κ1) is 36.0. The summed E-state index contributed by atoms with van der Waals surface area (Å²) in [7, 11) is 0. The van der Waals surface area contributed by atoms with Crippen LogP contribution in [-0.4, -0.2) is 15.0 Å². The molecule has 11 aromatic rings. The molecule has 0 amide bonds. The highest BCUT2D eigenvalue weighted by atomic mass is 16.3. The van der Waals surface area contributed by atoms with Crippen LogP contribution < -0.4 is 0 Å². The van der Waals surface area contributed by atoms with Crippen molar-refractivity contribution in [2.24, 2.45) is 0 Å². The Bertz CT molecular complexity index is 3510. The largest absolute Gasteiger partial charge is 0.461 e. The van der Waals surface area contributed by atoms with Gasteiger partial charge in [0.25, 0.3) is 0 Å². The maximum Gasteiger partial charge on any atom is 0.161 e. The summed E-state index contributed by atoms with van der Waals surface area (Å²) in [5.74, 6) is 1.51. The minimum absolute atomic E-state index is 0.650. The smallest absolute Gasteiger partial charge is 0.161 e. The predicted octanol–water partition coefficient (Wildman–Crippen LogP) is 15.2. The van der Waals surface area contributed by atoms with Crippen molar-refractivity contribution in [3.05, 3.63) is 206 Å². The molecule has 7 aromatic carbocycles. The van der Waals surface area contributed by atoms with Crippen LogP contribution in [-0.2, 0) is 0 Å². The Kier molecular flexibility index (Phi) is 8.79. The maximum absolute atomic E-state index is 6.24. The van der Waals surface area contributed by atoms with Crippen molar-refractivity contribution >= 4 is 49.8 Å². The fourth-order valence-corrected chi connectivity index (χ4v) is 8.56. The molecule has 0 bridgehead atoms. The van der Waals surface area contributed by atoms with E-state index in [0.717, 1.165) is 116 Å². The van der Waals surface area contributed by atoms with Gasteiger partial charge in [-0.25, -0.2) is 9.97 Å². The second kappa shape index (κ2) is 14.9. The molecular weight excluding hydrogens is 747 g/mol. The predicted molar refractivity (Wildman–Crippen MR) is 251 cm³/mol. The molecule has 0 aliphatic heterocycles. The van der Waals surface area contributed by atoms with Crippen LogP contribution in [0.5, 0.6) is 0 Å². The summed E-state index contributed by atoms with van der Waals surface area (Å²) in [5.41, 5.74) is 14.6. The Morgan fingerprint density at radius 2 is 1.08 bits per heavy atom. The average molecular weight is 784 g/mol. The summed E-state index contributed by atoms with van der Waals surface area (Å²) in [6, 6.07) is 57.2. The first-order chi connectivity index (χ1) is 30.1. The molecule has 0 aliphatic carbocycles.